The molecule has 0 aliphatic heterocycles. The third-order valence-electron chi connectivity index (χ3n) is 3.06. The molecule has 0 aromatic carbocycles. The highest BCUT2D eigenvalue weighted by Crippen LogP contribution is 2.33. The molecule has 108 valence electrons. The molecular weight excluding hydrogens is 278 g/mol. The van der Waals surface area contributed by atoms with E-state index in [1.54, 1.807) is 25.3 Å². The Kier molecular flexibility index (Phi) is 3.76. The van der Waals surface area contributed by atoms with Crippen LogP contribution in [0.3, 0.4) is 0 Å². The van der Waals surface area contributed by atoms with E-state index in [-0.39, 0.29) is 11.7 Å². The minimum absolute atomic E-state index is 0.0261. The first kappa shape index (κ1) is 14.4. The van der Waals surface area contributed by atoms with Gasteiger partial charge in [-0.2, -0.15) is 5.10 Å². The van der Waals surface area contributed by atoms with Crippen LogP contribution >= 0.6 is 11.3 Å². The van der Waals surface area contributed by atoms with Gasteiger partial charge >= 0.3 is 5.69 Å². The summed E-state index contributed by atoms with van der Waals surface area (Å²) >= 11 is 1.60. The van der Waals surface area contributed by atoms with Crippen LogP contribution in [0.25, 0.3) is 0 Å². The zero-order valence-electron chi connectivity index (χ0n) is 12.1. The molecule has 0 bridgehead atoms. The lowest BCUT2D eigenvalue weighted by Crippen LogP contribution is -2.11. The third kappa shape index (κ3) is 2.51. The third-order valence-corrected chi connectivity index (χ3v) is 4.31. The Morgan fingerprint density at radius 2 is 2.00 bits per heavy atom. The number of nitrogens with one attached hydrogen (secondary N) is 1. The minimum atomic E-state index is -0.401. The second-order valence-electron chi connectivity index (χ2n) is 4.71. The number of aromatic nitrogens is 3. The first-order valence-electron chi connectivity index (χ1n) is 6.19. The van der Waals surface area contributed by atoms with E-state index in [4.69, 9.17) is 0 Å². The average molecular weight is 295 g/mol. The van der Waals surface area contributed by atoms with Gasteiger partial charge in [0.25, 0.3) is 0 Å². The van der Waals surface area contributed by atoms with Crippen molar-refractivity contribution in [1.82, 2.24) is 14.8 Å². The van der Waals surface area contributed by atoms with Gasteiger partial charge in [-0.3, -0.25) is 10.1 Å². The van der Waals surface area contributed by atoms with E-state index in [1.165, 1.54) is 4.68 Å². The maximum atomic E-state index is 11.1. The lowest BCUT2D eigenvalue weighted by atomic mass is 10.2. The van der Waals surface area contributed by atoms with Gasteiger partial charge in [0, 0.05) is 11.9 Å². The molecule has 0 aliphatic carbocycles. The van der Waals surface area contributed by atoms with Gasteiger partial charge in [-0.15, -0.1) is 11.3 Å². The molecule has 1 unspecified atom stereocenters. The molecule has 8 heteroatoms. The van der Waals surface area contributed by atoms with E-state index in [0.29, 0.717) is 11.5 Å². The molecule has 0 saturated heterocycles. The van der Waals surface area contributed by atoms with Gasteiger partial charge in [0.2, 0.25) is 5.82 Å². The summed E-state index contributed by atoms with van der Waals surface area (Å²) in [7, 11) is 1.69. The molecule has 0 spiro atoms. The van der Waals surface area contributed by atoms with Crippen molar-refractivity contribution in [3.63, 3.8) is 0 Å². The van der Waals surface area contributed by atoms with E-state index >= 15 is 0 Å². The van der Waals surface area contributed by atoms with Gasteiger partial charge in [-0.25, -0.2) is 9.67 Å². The fourth-order valence-corrected chi connectivity index (χ4v) is 3.18. The van der Waals surface area contributed by atoms with E-state index in [0.717, 1.165) is 15.6 Å². The highest BCUT2D eigenvalue weighted by molar-refractivity contribution is 7.11. The highest BCUT2D eigenvalue weighted by atomic mass is 32.1. The number of nitro groups is 1. The number of rotatable bonds is 4. The summed E-state index contributed by atoms with van der Waals surface area (Å²) in [6.07, 6.45) is 0. The van der Waals surface area contributed by atoms with Crippen LogP contribution in [0, 0.1) is 30.9 Å². The Hall–Kier alpha value is -1.96. The smallest absolute Gasteiger partial charge is 0.333 e. The molecule has 2 aromatic rings. The summed E-state index contributed by atoms with van der Waals surface area (Å²) in [5.74, 6) is 0.422. The maximum absolute atomic E-state index is 11.1. The predicted molar refractivity (Wildman–Crippen MR) is 78.2 cm³/mol. The van der Waals surface area contributed by atoms with Crippen LogP contribution in [-0.4, -0.2) is 19.7 Å². The number of thiazole rings is 1. The monoisotopic (exact) mass is 295 g/mol. The molecule has 2 aromatic heterocycles. The van der Waals surface area contributed by atoms with Crippen molar-refractivity contribution in [3.8, 4) is 0 Å². The summed E-state index contributed by atoms with van der Waals surface area (Å²) < 4.78 is 1.51. The summed E-state index contributed by atoms with van der Waals surface area (Å²) in [4.78, 5) is 16.2. The fraction of sp³-hybridized carbons (Fsp3) is 0.500. The molecule has 0 amide bonds. The lowest BCUT2D eigenvalue weighted by Gasteiger charge is -2.13. The van der Waals surface area contributed by atoms with Crippen molar-refractivity contribution in [2.45, 2.75) is 33.7 Å². The van der Waals surface area contributed by atoms with Crippen LogP contribution in [0.5, 0.6) is 0 Å². The Labute approximate surface area is 120 Å². The van der Waals surface area contributed by atoms with Crippen LogP contribution in [-0.2, 0) is 7.05 Å². The lowest BCUT2D eigenvalue weighted by molar-refractivity contribution is -0.384. The topological polar surface area (TPSA) is 85.9 Å². The van der Waals surface area contributed by atoms with Crippen LogP contribution in [0.2, 0.25) is 0 Å². The maximum Gasteiger partial charge on any atom is 0.333 e. The second-order valence-corrected chi connectivity index (χ2v) is 5.95. The summed E-state index contributed by atoms with van der Waals surface area (Å²) in [6, 6.07) is -0.0605. The van der Waals surface area contributed by atoms with Gasteiger partial charge < -0.3 is 5.32 Å². The predicted octanol–water partition coefficient (Wildman–Crippen LogP) is 2.88. The van der Waals surface area contributed by atoms with Gasteiger partial charge in [0.05, 0.1) is 21.7 Å². The van der Waals surface area contributed by atoms with Crippen LogP contribution in [0.1, 0.15) is 34.2 Å². The number of nitrogens with zero attached hydrogens (tertiary/aromatic N) is 4. The Balaban J connectivity index is 2.35. The zero-order valence-corrected chi connectivity index (χ0v) is 12.9. The molecule has 2 rings (SSSR count). The fourth-order valence-electron chi connectivity index (χ4n) is 2.25. The normalized spacial score (nSPS) is 12.4. The number of anilines is 1. The van der Waals surface area contributed by atoms with Crippen molar-refractivity contribution < 1.29 is 4.92 Å². The van der Waals surface area contributed by atoms with Crippen molar-refractivity contribution in [1.29, 1.82) is 0 Å². The number of hydrogen-bond acceptors (Lipinski definition) is 6. The molecule has 1 atom stereocenters. The summed E-state index contributed by atoms with van der Waals surface area (Å²) in [5, 5.41) is 19.4. The Morgan fingerprint density at radius 1 is 1.35 bits per heavy atom. The summed E-state index contributed by atoms with van der Waals surface area (Å²) in [5.41, 5.74) is 1.39. The number of hydrogen-bond donors (Lipinski definition) is 1. The van der Waals surface area contributed by atoms with E-state index < -0.39 is 4.92 Å². The van der Waals surface area contributed by atoms with Gasteiger partial charge in [-0.05, 0) is 27.7 Å². The van der Waals surface area contributed by atoms with Gasteiger partial charge in [-0.1, -0.05) is 0 Å². The van der Waals surface area contributed by atoms with Gasteiger partial charge in [0.1, 0.15) is 5.69 Å². The van der Waals surface area contributed by atoms with Crippen molar-refractivity contribution >= 4 is 22.8 Å². The van der Waals surface area contributed by atoms with E-state index in [9.17, 15) is 10.1 Å². The molecule has 0 saturated carbocycles. The first-order chi connectivity index (χ1) is 9.31. The van der Waals surface area contributed by atoms with Crippen LogP contribution in [0.15, 0.2) is 0 Å². The molecule has 1 N–H and O–H groups in total. The molecule has 2 heterocycles. The van der Waals surface area contributed by atoms with Crippen LogP contribution in [0.4, 0.5) is 11.5 Å². The SMILES string of the molecule is Cc1nc(C)c(C(C)Nc2c([N+](=O)[O-])c(C)nn2C)s1. The molecule has 20 heavy (non-hydrogen) atoms. The van der Waals surface area contributed by atoms with Crippen molar-refractivity contribution in [2.75, 3.05) is 5.32 Å². The largest absolute Gasteiger partial charge is 0.357 e. The highest BCUT2D eigenvalue weighted by Gasteiger charge is 2.26. The second kappa shape index (κ2) is 5.20. The zero-order chi connectivity index (χ0) is 15.0. The molecule has 0 aliphatic rings. The standard InChI is InChI=1S/C12H17N5O2S/c1-6-10(17(18)19)12(16(5)15-6)14-8(3)11-7(2)13-9(4)20-11/h8,14H,1-5H3. The number of aryl methyl sites for hydroxylation is 4. The molecule has 7 nitrogen and oxygen atoms in total. The molecule has 0 radical (unpaired) electrons. The quantitative estimate of drug-likeness (QED) is 0.692. The van der Waals surface area contributed by atoms with Gasteiger partial charge in [0.15, 0.2) is 0 Å². The Bertz CT molecular complexity index is 661. The molecule has 0 fully saturated rings. The van der Waals surface area contributed by atoms with Crippen molar-refractivity contribution in [3.05, 3.63) is 31.4 Å². The summed E-state index contributed by atoms with van der Waals surface area (Å²) in [6.45, 7) is 7.49. The van der Waals surface area contributed by atoms with E-state index in [2.05, 4.69) is 15.4 Å². The minimum Gasteiger partial charge on any atom is -0.357 e. The van der Waals surface area contributed by atoms with E-state index in [1.807, 2.05) is 20.8 Å². The van der Waals surface area contributed by atoms with Crippen molar-refractivity contribution in [2.24, 2.45) is 7.05 Å². The first-order valence-corrected chi connectivity index (χ1v) is 7.01. The Morgan fingerprint density at radius 3 is 2.50 bits per heavy atom. The van der Waals surface area contributed by atoms with Crippen LogP contribution < -0.4 is 5.32 Å². The molecular formula is C12H17N5O2S. The average Bonchev–Trinajstić information content (AvgIpc) is 2.79.